The lowest BCUT2D eigenvalue weighted by atomic mass is 10.1. The fourth-order valence-electron chi connectivity index (χ4n) is 2.42. The smallest absolute Gasteiger partial charge is 0.284 e. The number of hydrogen-bond acceptors (Lipinski definition) is 5. The first kappa shape index (κ1) is 17.5. The molecule has 2 aromatic rings. The van der Waals surface area contributed by atoms with Crippen molar-refractivity contribution in [3.63, 3.8) is 0 Å². The van der Waals surface area contributed by atoms with Crippen LogP contribution in [-0.4, -0.2) is 30.2 Å². The molecule has 0 fully saturated rings. The summed E-state index contributed by atoms with van der Waals surface area (Å²) >= 11 is 0. The van der Waals surface area contributed by atoms with Gasteiger partial charge in [-0.1, -0.05) is 24.3 Å². The number of amides is 2. The highest BCUT2D eigenvalue weighted by Gasteiger charge is 2.27. The molecule has 0 saturated carbocycles. The van der Waals surface area contributed by atoms with E-state index in [0.717, 1.165) is 5.56 Å². The SMILES string of the molecule is CC(=O)Nc1ccc(/C(C)=N\NC(=O)[C@@H]2COc3ccccc3O2)cc1. The number of carbonyl (C=O) groups is 2. The predicted octanol–water partition coefficient (Wildman–Crippen LogP) is 2.33. The predicted molar refractivity (Wildman–Crippen MR) is 97.5 cm³/mol. The zero-order valence-electron chi connectivity index (χ0n) is 14.5. The Balaban J connectivity index is 1.60. The number of hydrogen-bond donors (Lipinski definition) is 2. The maximum absolute atomic E-state index is 12.2. The van der Waals surface area contributed by atoms with Crippen molar-refractivity contribution in [1.29, 1.82) is 0 Å². The van der Waals surface area contributed by atoms with Gasteiger partial charge in [-0.2, -0.15) is 5.10 Å². The molecule has 0 spiro atoms. The van der Waals surface area contributed by atoms with Crippen LogP contribution < -0.4 is 20.2 Å². The minimum absolute atomic E-state index is 0.128. The van der Waals surface area contributed by atoms with Crippen LogP contribution in [0, 0.1) is 0 Å². The Labute approximate surface area is 151 Å². The van der Waals surface area contributed by atoms with Crippen LogP contribution in [0.25, 0.3) is 0 Å². The molecule has 1 aliphatic rings. The second-order valence-electron chi connectivity index (χ2n) is 5.80. The van der Waals surface area contributed by atoms with Gasteiger partial charge in [0.2, 0.25) is 12.0 Å². The van der Waals surface area contributed by atoms with Crippen molar-refractivity contribution in [2.45, 2.75) is 20.0 Å². The summed E-state index contributed by atoms with van der Waals surface area (Å²) in [5.41, 5.74) is 4.66. The molecule has 2 N–H and O–H groups in total. The number of anilines is 1. The average molecular weight is 353 g/mol. The first-order valence-electron chi connectivity index (χ1n) is 8.13. The summed E-state index contributed by atoms with van der Waals surface area (Å²) in [4.78, 5) is 23.3. The number of ether oxygens (including phenoxy) is 2. The summed E-state index contributed by atoms with van der Waals surface area (Å²) in [6, 6.07) is 14.4. The number of rotatable bonds is 4. The molecule has 134 valence electrons. The maximum atomic E-state index is 12.2. The Bertz CT molecular complexity index is 846. The molecule has 0 unspecified atom stereocenters. The minimum Gasteiger partial charge on any atom is -0.485 e. The van der Waals surface area contributed by atoms with E-state index in [-0.39, 0.29) is 18.4 Å². The van der Waals surface area contributed by atoms with Crippen molar-refractivity contribution < 1.29 is 19.1 Å². The van der Waals surface area contributed by atoms with Crippen molar-refractivity contribution in [3.05, 3.63) is 54.1 Å². The standard InChI is InChI=1S/C19H19N3O4/c1-12(14-7-9-15(10-8-14)20-13(2)23)21-22-19(24)18-11-25-16-5-3-4-6-17(16)26-18/h3-10,18H,11H2,1-2H3,(H,20,23)(H,22,24)/b21-12-/t18-/m0/s1. The minimum atomic E-state index is -0.761. The molecule has 0 aromatic heterocycles. The number of carbonyl (C=O) groups excluding carboxylic acids is 2. The van der Waals surface area contributed by atoms with Crippen molar-refractivity contribution in [1.82, 2.24) is 5.43 Å². The van der Waals surface area contributed by atoms with Crippen LogP contribution in [-0.2, 0) is 9.59 Å². The van der Waals surface area contributed by atoms with Crippen LogP contribution in [0.5, 0.6) is 11.5 Å². The van der Waals surface area contributed by atoms with Gasteiger partial charge < -0.3 is 14.8 Å². The molecule has 1 atom stereocenters. The quantitative estimate of drug-likeness (QED) is 0.652. The molecule has 26 heavy (non-hydrogen) atoms. The second-order valence-corrected chi connectivity index (χ2v) is 5.80. The lowest BCUT2D eigenvalue weighted by Crippen LogP contribution is -2.42. The van der Waals surface area contributed by atoms with E-state index in [0.29, 0.717) is 22.9 Å². The summed E-state index contributed by atoms with van der Waals surface area (Å²) in [6.07, 6.45) is -0.761. The van der Waals surface area contributed by atoms with Crippen molar-refractivity contribution in [2.75, 3.05) is 11.9 Å². The zero-order valence-corrected chi connectivity index (χ0v) is 14.5. The molecule has 1 aliphatic heterocycles. The van der Waals surface area contributed by atoms with E-state index in [2.05, 4.69) is 15.8 Å². The summed E-state index contributed by atoms with van der Waals surface area (Å²) in [6.45, 7) is 3.36. The third-order valence-electron chi connectivity index (χ3n) is 3.76. The fraction of sp³-hybridized carbons (Fsp3) is 0.211. The van der Waals surface area contributed by atoms with Gasteiger partial charge in [0.05, 0.1) is 5.71 Å². The van der Waals surface area contributed by atoms with Gasteiger partial charge in [0.15, 0.2) is 11.5 Å². The van der Waals surface area contributed by atoms with E-state index in [4.69, 9.17) is 9.47 Å². The Morgan fingerprint density at radius 1 is 1.04 bits per heavy atom. The van der Waals surface area contributed by atoms with E-state index in [1.807, 2.05) is 24.3 Å². The van der Waals surface area contributed by atoms with Gasteiger partial charge in [0.25, 0.3) is 5.91 Å². The molecular formula is C19H19N3O4. The van der Waals surface area contributed by atoms with E-state index >= 15 is 0 Å². The molecule has 7 nitrogen and oxygen atoms in total. The number of nitrogens with one attached hydrogen (secondary N) is 2. The third-order valence-corrected chi connectivity index (χ3v) is 3.76. The summed E-state index contributed by atoms with van der Waals surface area (Å²) in [5.74, 6) is 0.643. The number of hydrazone groups is 1. The number of benzene rings is 2. The molecule has 0 radical (unpaired) electrons. The highest BCUT2D eigenvalue weighted by molar-refractivity contribution is 6.00. The largest absolute Gasteiger partial charge is 0.485 e. The van der Waals surface area contributed by atoms with E-state index in [1.54, 1.807) is 31.2 Å². The molecule has 1 heterocycles. The topological polar surface area (TPSA) is 89.0 Å². The zero-order chi connectivity index (χ0) is 18.5. The molecule has 7 heteroatoms. The van der Waals surface area contributed by atoms with Crippen molar-refractivity contribution >= 4 is 23.2 Å². The lowest BCUT2D eigenvalue weighted by molar-refractivity contribution is -0.130. The van der Waals surface area contributed by atoms with Crippen molar-refractivity contribution in [3.8, 4) is 11.5 Å². The van der Waals surface area contributed by atoms with E-state index in [9.17, 15) is 9.59 Å². The summed E-state index contributed by atoms with van der Waals surface area (Å²) in [7, 11) is 0. The maximum Gasteiger partial charge on any atom is 0.284 e. The monoisotopic (exact) mass is 353 g/mol. The average Bonchev–Trinajstić information content (AvgIpc) is 2.65. The van der Waals surface area contributed by atoms with Gasteiger partial charge in [0.1, 0.15) is 6.61 Å². The van der Waals surface area contributed by atoms with Crippen LogP contribution >= 0.6 is 0 Å². The van der Waals surface area contributed by atoms with Gasteiger partial charge >= 0.3 is 0 Å². The summed E-state index contributed by atoms with van der Waals surface area (Å²) in [5, 5.41) is 6.80. The number of para-hydroxylation sites is 2. The first-order valence-corrected chi connectivity index (χ1v) is 8.13. The fourth-order valence-corrected chi connectivity index (χ4v) is 2.42. The Morgan fingerprint density at radius 2 is 1.73 bits per heavy atom. The van der Waals surface area contributed by atoms with Gasteiger partial charge in [-0.15, -0.1) is 0 Å². The molecule has 2 aromatic carbocycles. The highest BCUT2D eigenvalue weighted by atomic mass is 16.6. The molecule has 0 aliphatic carbocycles. The first-order chi connectivity index (χ1) is 12.5. The molecule has 0 bridgehead atoms. The van der Waals surface area contributed by atoms with Crippen molar-refractivity contribution in [2.24, 2.45) is 5.10 Å². The Morgan fingerprint density at radius 3 is 2.42 bits per heavy atom. The van der Waals surface area contributed by atoms with E-state index in [1.165, 1.54) is 6.92 Å². The number of nitrogens with zero attached hydrogens (tertiary/aromatic N) is 1. The molecule has 0 saturated heterocycles. The van der Waals surface area contributed by atoms with Crippen LogP contribution in [0.4, 0.5) is 5.69 Å². The van der Waals surface area contributed by atoms with Gasteiger partial charge in [-0.3, -0.25) is 9.59 Å². The highest BCUT2D eigenvalue weighted by Crippen LogP contribution is 2.30. The third kappa shape index (κ3) is 4.18. The molecule has 3 rings (SSSR count). The van der Waals surface area contributed by atoms with Crippen LogP contribution in [0.3, 0.4) is 0 Å². The molecular weight excluding hydrogens is 334 g/mol. The lowest BCUT2D eigenvalue weighted by Gasteiger charge is -2.24. The molecule has 2 amide bonds. The number of fused-ring (bicyclic) bond motifs is 1. The normalized spacial score (nSPS) is 15.9. The van der Waals surface area contributed by atoms with Gasteiger partial charge in [0, 0.05) is 12.6 Å². The van der Waals surface area contributed by atoms with Gasteiger partial charge in [-0.05, 0) is 36.8 Å². The van der Waals surface area contributed by atoms with E-state index < -0.39 is 6.10 Å². The summed E-state index contributed by atoms with van der Waals surface area (Å²) < 4.78 is 11.2. The van der Waals surface area contributed by atoms with Crippen LogP contribution in [0.15, 0.2) is 53.6 Å². The van der Waals surface area contributed by atoms with Crippen LogP contribution in [0.1, 0.15) is 19.4 Å². The van der Waals surface area contributed by atoms with Gasteiger partial charge in [-0.25, -0.2) is 5.43 Å². The Kier molecular flexibility index (Phi) is 5.17. The second kappa shape index (κ2) is 7.69. The Hall–Kier alpha value is -3.35. The van der Waals surface area contributed by atoms with Crippen LogP contribution in [0.2, 0.25) is 0 Å².